The number of fused-ring (bicyclic) bond motifs is 3. The average Bonchev–Trinajstić information content (AvgIpc) is 2.97. The highest BCUT2D eigenvalue weighted by Crippen LogP contribution is 2.58. The molecular weight excluding hydrogens is 316 g/mol. The van der Waals surface area contributed by atoms with Gasteiger partial charge in [-0.2, -0.15) is 10.5 Å². The molecule has 2 aromatic carbocycles. The van der Waals surface area contributed by atoms with E-state index >= 15 is 0 Å². The van der Waals surface area contributed by atoms with Crippen molar-refractivity contribution >= 4 is 0 Å². The lowest BCUT2D eigenvalue weighted by Crippen LogP contribution is -2.59. The number of nitrogens with zero attached hydrogens (tertiary/aromatic N) is 2. The summed E-state index contributed by atoms with van der Waals surface area (Å²) in [5, 5.41) is 19.6. The second kappa shape index (κ2) is 6.31. The summed E-state index contributed by atoms with van der Waals surface area (Å²) in [5.41, 5.74) is 2.17. The molecule has 5 heteroatoms. The lowest BCUT2D eigenvalue weighted by atomic mass is 9.67. The van der Waals surface area contributed by atoms with Crippen LogP contribution in [-0.2, 0) is 19.6 Å². The molecule has 5 nitrogen and oxygen atoms in total. The first kappa shape index (κ1) is 17.1. The molecule has 0 bridgehead atoms. The number of ether oxygens (including phenoxy) is 3. The van der Waals surface area contributed by atoms with E-state index in [4.69, 9.17) is 14.2 Å². The first-order chi connectivity index (χ1) is 12.2. The molecule has 0 fully saturated rings. The SMILES string of the molecule is COC(OC)(OC)C1(C(C#N)C#N)c2ccccc2-c2ccccc21. The van der Waals surface area contributed by atoms with Gasteiger partial charge in [0.1, 0.15) is 5.41 Å². The smallest absolute Gasteiger partial charge is 0.299 e. The highest BCUT2D eigenvalue weighted by molar-refractivity contribution is 5.82. The van der Waals surface area contributed by atoms with Crippen LogP contribution in [-0.4, -0.2) is 27.3 Å². The Hall–Kier alpha value is -2.70. The van der Waals surface area contributed by atoms with E-state index in [9.17, 15) is 10.5 Å². The summed E-state index contributed by atoms with van der Waals surface area (Å²) in [4.78, 5) is 0. The number of methoxy groups -OCH3 is 3. The Labute approximate surface area is 147 Å². The average molecular weight is 334 g/mol. The Morgan fingerprint density at radius 2 is 1.20 bits per heavy atom. The van der Waals surface area contributed by atoms with Gasteiger partial charge in [0.2, 0.25) is 0 Å². The van der Waals surface area contributed by atoms with Crippen LogP contribution in [0.1, 0.15) is 11.1 Å². The first-order valence-corrected chi connectivity index (χ1v) is 7.81. The monoisotopic (exact) mass is 334 g/mol. The predicted molar refractivity (Wildman–Crippen MR) is 91.1 cm³/mol. The number of nitriles is 2. The van der Waals surface area contributed by atoms with Crippen LogP contribution < -0.4 is 0 Å². The van der Waals surface area contributed by atoms with Crippen LogP contribution in [0.2, 0.25) is 0 Å². The van der Waals surface area contributed by atoms with E-state index in [1.165, 1.54) is 21.3 Å². The minimum absolute atomic E-state index is 0.773. The van der Waals surface area contributed by atoms with Gasteiger partial charge in [-0.25, -0.2) is 0 Å². The van der Waals surface area contributed by atoms with Gasteiger partial charge in [0.15, 0.2) is 5.92 Å². The maximum Gasteiger partial charge on any atom is 0.299 e. The van der Waals surface area contributed by atoms with Crippen molar-refractivity contribution in [3.8, 4) is 23.3 Å². The maximum absolute atomic E-state index is 9.81. The molecule has 0 heterocycles. The number of hydrogen-bond donors (Lipinski definition) is 0. The van der Waals surface area contributed by atoms with Crippen LogP contribution >= 0.6 is 0 Å². The molecule has 0 atom stereocenters. The molecule has 0 saturated carbocycles. The summed E-state index contributed by atoms with van der Waals surface area (Å²) in [6.45, 7) is 0. The van der Waals surface area contributed by atoms with Crippen molar-refractivity contribution in [3.05, 3.63) is 59.7 Å². The van der Waals surface area contributed by atoms with Gasteiger partial charge in [-0.15, -0.1) is 0 Å². The molecule has 0 radical (unpaired) electrons. The van der Waals surface area contributed by atoms with Crippen molar-refractivity contribution in [1.82, 2.24) is 0 Å². The van der Waals surface area contributed by atoms with Gasteiger partial charge in [0.25, 0.3) is 5.97 Å². The van der Waals surface area contributed by atoms with E-state index in [1.807, 2.05) is 48.5 Å². The molecule has 0 N–H and O–H groups in total. The summed E-state index contributed by atoms with van der Waals surface area (Å²) in [6, 6.07) is 19.6. The van der Waals surface area contributed by atoms with Crippen LogP contribution in [0.5, 0.6) is 0 Å². The van der Waals surface area contributed by atoms with Crippen LogP contribution in [0.3, 0.4) is 0 Å². The van der Waals surface area contributed by atoms with E-state index in [1.54, 1.807) is 0 Å². The third kappa shape index (κ3) is 1.98. The van der Waals surface area contributed by atoms with Crippen molar-refractivity contribution < 1.29 is 14.2 Å². The van der Waals surface area contributed by atoms with Crippen LogP contribution in [0.4, 0.5) is 0 Å². The molecule has 126 valence electrons. The first-order valence-electron chi connectivity index (χ1n) is 7.81. The van der Waals surface area contributed by atoms with Gasteiger partial charge in [-0.05, 0) is 22.3 Å². The molecular formula is C20H18N2O3. The van der Waals surface area contributed by atoms with E-state index in [2.05, 4.69) is 12.1 Å². The van der Waals surface area contributed by atoms with Gasteiger partial charge in [-0.3, -0.25) is 0 Å². The molecule has 25 heavy (non-hydrogen) atoms. The molecule has 1 aliphatic carbocycles. The molecule has 0 aromatic heterocycles. The molecule has 0 amide bonds. The lowest BCUT2D eigenvalue weighted by Gasteiger charge is -2.46. The van der Waals surface area contributed by atoms with Gasteiger partial charge < -0.3 is 14.2 Å². The van der Waals surface area contributed by atoms with Gasteiger partial charge in [0, 0.05) is 21.3 Å². The molecule has 1 aliphatic rings. The van der Waals surface area contributed by atoms with Crippen molar-refractivity contribution in [2.24, 2.45) is 5.92 Å². The van der Waals surface area contributed by atoms with Crippen LogP contribution in [0.15, 0.2) is 48.5 Å². The lowest BCUT2D eigenvalue weighted by molar-refractivity contribution is -0.383. The Balaban J connectivity index is 2.53. The minimum Gasteiger partial charge on any atom is -0.330 e. The highest BCUT2D eigenvalue weighted by atomic mass is 16.9. The molecule has 0 aliphatic heterocycles. The molecule has 0 unspecified atom stereocenters. The second-order valence-corrected chi connectivity index (χ2v) is 5.76. The highest BCUT2D eigenvalue weighted by Gasteiger charge is 2.65. The summed E-state index contributed by atoms with van der Waals surface area (Å²) in [6.07, 6.45) is 0. The van der Waals surface area contributed by atoms with Gasteiger partial charge in [0.05, 0.1) is 12.1 Å². The topological polar surface area (TPSA) is 75.3 Å². The predicted octanol–water partition coefficient (Wildman–Crippen LogP) is 3.21. The summed E-state index contributed by atoms with van der Waals surface area (Å²) >= 11 is 0. The third-order valence-electron chi connectivity index (χ3n) is 4.97. The van der Waals surface area contributed by atoms with E-state index < -0.39 is 17.3 Å². The number of rotatable bonds is 5. The van der Waals surface area contributed by atoms with Crippen molar-refractivity contribution in [3.63, 3.8) is 0 Å². The normalized spacial score (nSPS) is 14.5. The Bertz CT molecular complexity index is 807. The van der Waals surface area contributed by atoms with Gasteiger partial charge in [-0.1, -0.05) is 48.5 Å². The Kier molecular flexibility index (Phi) is 4.32. The maximum atomic E-state index is 9.81. The quantitative estimate of drug-likeness (QED) is 0.785. The fourth-order valence-electron chi connectivity index (χ4n) is 4.04. The third-order valence-corrected chi connectivity index (χ3v) is 4.97. The molecule has 0 saturated heterocycles. The second-order valence-electron chi connectivity index (χ2n) is 5.76. The van der Waals surface area contributed by atoms with Gasteiger partial charge >= 0.3 is 0 Å². The minimum atomic E-state index is -1.63. The Morgan fingerprint density at radius 1 is 0.800 bits per heavy atom. The summed E-state index contributed by atoms with van der Waals surface area (Å²) in [7, 11) is 4.35. The van der Waals surface area contributed by atoms with E-state index in [-0.39, 0.29) is 0 Å². The zero-order valence-corrected chi connectivity index (χ0v) is 14.3. The summed E-state index contributed by atoms with van der Waals surface area (Å²) < 4.78 is 17.0. The fraction of sp³-hybridized carbons (Fsp3) is 0.300. The zero-order chi connectivity index (χ0) is 18.1. The standard InChI is InChI=1S/C20H18N2O3/c1-23-20(24-2,25-3)19(14(12-21)13-22)17-10-6-4-8-15(17)16-9-5-7-11-18(16)19/h4-11,14H,1-3H3. The number of benzene rings is 2. The van der Waals surface area contributed by atoms with Crippen LogP contribution in [0.25, 0.3) is 11.1 Å². The van der Waals surface area contributed by atoms with E-state index in [0.29, 0.717) is 0 Å². The fourth-order valence-corrected chi connectivity index (χ4v) is 4.04. The molecule has 0 spiro atoms. The van der Waals surface area contributed by atoms with Crippen molar-refractivity contribution in [1.29, 1.82) is 10.5 Å². The zero-order valence-electron chi connectivity index (χ0n) is 14.3. The number of hydrogen-bond acceptors (Lipinski definition) is 5. The van der Waals surface area contributed by atoms with Crippen molar-refractivity contribution in [2.45, 2.75) is 11.4 Å². The van der Waals surface area contributed by atoms with E-state index in [0.717, 1.165) is 22.3 Å². The van der Waals surface area contributed by atoms with Crippen LogP contribution in [0, 0.1) is 28.6 Å². The molecule has 3 rings (SSSR count). The summed E-state index contributed by atoms with van der Waals surface area (Å²) in [5.74, 6) is -2.72. The molecule has 2 aromatic rings. The van der Waals surface area contributed by atoms with Crippen molar-refractivity contribution in [2.75, 3.05) is 21.3 Å². The Morgan fingerprint density at radius 3 is 1.56 bits per heavy atom. The largest absolute Gasteiger partial charge is 0.330 e.